The molecule has 0 spiro atoms. The summed E-state index contributed by atoms with van der Waals surface area (Å²) in [6.07, 6.45) is 4.05. The number of likely N-dealkylation sites (N-methyl/N-ethyl adjacent to an activating group) is 1. The lowest BCUT2D eigenvalue weighted by Crippen LogP contribution is -2.44. The highest BCUT2D eigenvalue weighted by Gasteiger charge is 2.22. The molecule has 0 aliphatic carbocycles. The summed E-state index contributed by atoms with van der Waals surface area (Å²) >= 11 is 1.69. The average Bonchev–Trinajstić information content (AvgIpc) is 2.81. The van der Waals surface area contributed by atoms with Crippen LogP contribution < -0.4 is 5.32 Å². The van der Waals surface area contributed by atoms with E-state index in [-0.39, 0.29) is 0 Å². The lowest BCUT2D eigenvalue weighted by atomic mass is 10.0. The first-order chi connectivity index (χ1) is 7.90. The largest absolute Gasteiger partial charge is 0.315 e. The molecule has 1 aliphatic rings. The van der Waals surface area contributed by atoms with Crippen LogP contribution in [0.2, 0.25) is 0 Å². The fraction of sp³-hybridized carbons (Fsp3) is 0.750. The highest BCUT2D eigenvalue weighted by atomic mass is 32.1. The number of nitrogens with one attached hydrogen (secondary N) is 1. The second-order valence-corrected chi connectivity index (χ2v) is 5.13. The Bertz CT molecular complexity index is 286. The van der Waals surface area contributed by atoms with E-state index < -0.39 is 0 Å². The minimum Gasteiger partial charge on any atom is -0.315 e. The Hall–Kier alpha value is -0.450. The van der Waals surface area contributed by atoms with Crippen LogP contribution in [0.5, 0.6) is 0 Å². The van der Waals surface area contributed by atoms with E-state index in [0.717, 1.165) is 19.6 Å². The van der Waals surface area contributed by atoms with Crippen molar-refractivity contribution in [1.29, 1.82) is 0 Å². The van der Waals surface area contributed by atoms with Gasteiger partial charge >= 0.3 is 0 Å². The van der Waals surface area contributed by atoms with Gasteiger partial charge in [0, 0.05) is 24.5 Å². The predicted octanol–water partition coefficient (Wildman–Crippen LogP) is 2.11. The van der Waals surface area contributed by atoms with E-state index in [1.807, 2.05) is 5.51 Å². The third-order valence-electron chi connectivity index (χ3n) is 3.23. The van der Waals surface area contributed by atoms with Crippen molar-refractivity contribution in [3.8, 4) is 0 Å². The highest BCUT2D eigenvalue weighted by Crippen LogP contribution is 2.19. The molecule has 1 N–H and O–H groups in total. The average molecular weight is 239 g/mol. The Labute approximate surface area is 102 Å². The molecule has 2 heterocycles. The van der Waals surface area contributed by atoms with Crippen molar-refractivity contribution in [2.24, 2.45) is 0 Å². The van der Waals surface area contributed by atoms with Crippen molar-refractivity contribution < 1.29 is 0 Å². The van der Waals surface area contributed by atoms with E-state index in [4.69, 9.17) is 0 Å². The van der Waals surface area contributed by atoms with Crippen molar-refractivity contribution in [3.63, 3.8) is 0 Å². The van der Waals surface area contributed by atoms with E-state index in [2.05, 4.69) is 27.5 Å². The molecule has 4 heteroatoms. The van der Waals surface area contributed by atoms with Crippen LogP contribution in [0.3, 0.4) is 0 Å². The molecule has 0 bridgehead atoms. The zero-order valence-electron chi connectivity index (χ0n) is 9.98. The van der Waals surface area contributed by atoms with Crippen LogP contribution >= 0.6 is 11.3 Å². The molecule has 0 amide bonds. The van der Waals surface area contributed by atoms with E-state index in [9.17, 15) is 0 Å². The van der Waals surface area contributed by atoms with Gasteiger partial charge in [0.2, 0.25) is 0 Å². The van der Waals surface area contributed by atoms with E-state index in [0.29, 0.717) is 6.04 Å². The summed E-state index contributed by atoms with van der Waals surface area (Å²) in [5.41, 5.74) is 3.16. The van der Waals surface area contributed by atoms with Gasteiger partial charge < -0.3 is 5.32 Å². The molecule has 1 saturated heterocycles. The van der Waals surface area contributed by atoms with Crippen LogP contribution in [0, 0.1) is 0 Å². The third-order valence-corrected chi connectivity index (χ3v) is 3.86. The fourth-order valence-corrected chi connectivity index (χ4v) is 2.88. The van der Waals surface area contributed by atoms with Gasteiger partial charge in [0.05, 0.1) is 11.2 Å². The zero-order valence-corrected chi connectivity index (χ0v) is 10.8. The number of nitrogens with zero attached hydrogens (tertiary/aromatic N) is 2. The van der Waals surface area contributed by atoms with E-state index in [1.165, 1.54) is 31.5 Å². The number of hydrogen-bond donors (Lipinski definition) is 1. The second-order valence-electron chi connectivity index (χ2n) is 4.41. The maximum Gasteiger partial charge on any atom is 0.0795 e. The minimum absolute atomic E-state index is 0.704. The van der Waals surface area contributed by atoms with Gasteiger partial charge in [-0.15, -0.1) is 11.3 Å². The summed E-state index contributed by atoms with van der Waals surface area (Å²) in [4.78, 5) is 6.97. The van der Waals surface area contributed by atoms with Crippen molar-refractivity contribution in [3.05, 3.63) is 16.6 Å². The van der Waals surface area contributed by atoms with Crippen molar-refractivity contribution in [2.45, 2.75) is 38.8 Å². The van der Waals surface area contributed by atoms with Gasteiger partial charge in [0.15, 0.2) is 0 Å². The molecule has 2 rings (SSSR count). The molecular formula is C12H21N3S. The first-order valence-corrected chi connectivity index (χ1v) is 7.16. The summed E-state index contributed by atoms with van der Waals surface area (Å²) in [5, 5.41) is 5.63. The van der Waals surface area contributed by atoms with Gasteiger partial charge in [-0.25, -0.2) is 4.98 Å². The monoisotopic (exact) mass is 239 g/mol. The molecule has 1 aromatic heterocycles. The molecule has 16 heavy (non-hydrogen) atoms. The van der Waals surface area contributed by atoms with Crippen LogP contribution in [-0.4, -0.2) is 35.6 Å². The number of rotatable bonds is 5. The zero-order chi connectivity index (χ0) is 11.2. The Morgan fingerprint density at radius 3 is 3.25 bits per heavy atom. The van der Waals surface area contributed by atoms with Gasteiger partial charge in [-0.2, -0.15) is 0 Å². The minimum atomic E-state index is 0.704. The third kappa shape index (κ3) is 3.27. The Balaban J connectivity index is 1.88. The number of hydrogen-bond acceptors (Lipinski definition) is 4. The predicted molar refractivity (Wildman–Crippen MR) is 68.7 cm³/mol. The number of thiazole rings is 1. The van der Waals surface area contributed by atoms with E-state index >= 15 is 0 Å². The quantitative estimate of drug-likeness (QED) is 0.853. The van der Waals surface area contributed by atoms with Crippen LogP contribution in [0.25, 0.3) is 0 Å². The molecule has 0 aromatic carbocycles. The maximum absolute atomic E-state index is 4.38. The first-order valence-electron chi connectivity index (χ1n) is 6.22. The maximum atomic E-state index is 4.38. The lowest BCUT2D eigenvalue weighted by molar-refractivity contribution is 0.136. The summed E-state index contributed by atoms with van der Waals surface area (Å²) < 4.78 is 0. The Morgan fingerprint density at radius 1 is 1.56 bits per heavy atom. The molecule has 1 atom stereocenters. The number of piperidine rings is 1. The van der Waals surface area contributed by atoms with Gasteiger partial charge in [0.1, 0.15) is 0 Å². The SMILES string of the molecule is CCNCC1CCCCN1Cc1cscn1. The van der Waals surface area contributed by atoms with Crippen LogP contribution in [0.15, 0.2) is 10.9 Å². The molecular weight excluding hydrogens is 218 g/mol. The van der Waals surface area contributed by atoms with Crippen molar-refractivity contribution in [2.75, 3.05) is 19.6 Å². The lowest BCUT2D eigenvalue weighted by Gasteiger charge is -2.35. The van der Waals surface area contributed by atoms with Crippen LogP contribution in [0.1, 0.15) is 31.9 Å². The summed E-state index contributed by atoms with van der Waals surface area (Å²) in [6.45, 7) is 6.63. The number of likely N-dealkylation sites (tertiary alicyclic amines) is 1. The van der Waals surface area contributed by atoms with Gasteiger partial charge in [-0.1, -0.05) is 13.3 Å². The molecule has 3 nitrogen and oxygen atoms in total. The van der Waals surface area contributed by atoms with Crippen molar-refractivity contribution in [1.82, 2.24) is 15.2 Å². The molecule has 1 aliphatic heterocycles. The molecule has 0 radical (unpaired) electrons. The smallest absolute Gasteiger partial charge is 0.0795 e. The molecule has 90 valence electrons. The molecule has 1 fully saturated rings. The Kier molecular flexibility index (Phi) is 4.75. The number of aromatic nitrogens is 1. The summed E-state index contributed by atoms with van der Waals surface area (Å²) in [5.74, 6) is 0. The van der Waals surface area contributed by atoms with Gasteiger partial charge in [0.25, 0.3) is 0 Å². The van der Waals surface area contributed by atoms with Crippen molar-refractivity contribution >= 4 is 11.3 Å². The second kappa shape index (κ2) is 6.33. The molecule has 1 aromatic rings. The molecule has 0 saturated carbocycles. The normalized spacial score (nSPS) is 22.4. The standard InChI is InChI=1S/C12H21N3S/c1-2-13-7-12-5-3-4-6-15(12)8-11-9-16-10-14-11/h9-10,12-13H,2-8H2,1H3. The van der Waals surface area contributed by atoms with Crippen LogP contribution in [-0.2, 0) is 6.54 Å². The summed E-state index contributed by atoms with van der Waals surface area (Å²) in [6, 6.07) is 0.704. The van der Waals surface area contributed by atoms with Gasteiger partial charge in [-0.05, 0) is 25.9 Å². The van der Waals surface area contributed by atoms with Gasteiger partial charge in [-0.3, -0.25) is 4.90 Å². The highest BCUT2D eigenvalue weighted by molar-refractivity contribution is 7.07. The summed E-state index contributed by atoms with van der Waals surface area (Å²) in [7, 11) is 0. The topological polar surface area (TPSA) is 28.2 Å². The first kappa shape index (κ1) is 12.0. The van der Waals surface area contributed by atoms with Crippen LogP contribution in [0.4, 0.5) is 0 Å². The van der Waals surface area contributed by atoms with E-state index in [1.54, 1.807) is 11.3 Å². The molecule has 1 unspecified atom stereocenters. The fourth-order valence-electron chi connectivity index (χ4n) is 2.33. The Morgan fingerprint density at radius 2 is 2.50 bits per heavy atom.